The normalized spacial score (nSPS) is 15.9. The molecule has 2 aromatic rings. The molecule has 21 heavy (non-hydrogen) atoms. The van der Waals surface area contributed by atoms with Gasteiger partial charge in [0, 0.05) is 17.1 Å². The van der Waals surface area contributed by atoms with E-state index in [4.69, 9.17) is 0 Å². The van der Waals surface area contributed by atoms with Crippen molar-refractivity contribution in [1.29, 1.82) is 0 Å². The molecule has 7 heteroatoms. The Morgan fingerprint density at radius 1 is 1.29 bits per heavy atom. The molecule has 1 aromatic heterocycles. The highest BCUT2D eigenvalue weighted by Gasteiger charge is 2.17. The fourth-order valence-electron chi connectivity index (χ4n) is 2.90. The molecule has 0 unspecified atom stereocenters. The third-order valence-corrected chi connectivity index (χ3v) is 4.40. The number of fused-ring (bicyclic) bond motifs is 1. The number of non-ortho nitro benzene ring substituents is 1. The van der Waals surface area contributed by atoms with Crippen LogP contribution in [-0.4, -0.2) is 39.2 Å². The smallest absolute Gasteiger partial charge is 0.281 e. The number of halogens is 1. The zero-order chi connectivity index (χ0) is 14.8. The van der Waals surface area contributed by atoms with E-state index in [1.807, 2.05) is 10.7 Å². The topological polar surface area (TPSA) is 64.2 Å². The van der Waals surface area contributed by atoms with Gasteiger partial charge >= 0.3 is 0 Å². The summed E-state index contributed by atoms with van der Waals surface area (Å²) >= 11 is 3.34. The summed E-state index contributed by atoms with van der Waals surface area (Å²) in [5.41, 5.74) is 0.919. The van der Waals surface area contributed by atoms with Gasteiger partial charge in [0.15, 0.2) is 0 Å². The summed E-state index contributed by atoms with van der Waals surface area (Å²) in [4.78, 5) is 13.2. The minimum Gasteiger partial charge on any atom is -0.303 e. The van der Waals surface area contributed by atoms with Crippen LogP contribution < -0.4 is 0 Å². The second kappa shape index (κ2) is 6.11. The fourth-order valence-corrected chi connectivity index (χ4v) is 3.34. The Kier molecular flexibility index (Phi) is 4.21. The van der Waals surface area contributed by atoms with Crippen LogP contribution in [0.25, 0.3) is 10.9 Å². The molecule has 3 rings (SSSR count). The fraction of sp³-hybridized carbons (Fsp3) is 0.500. The molecule has 1 aliphatic rings. The van der Waals surface area contributed by atoms with Gasteiger partial charge in [-0.3, -0.25) is 14.8 Å². The molecule has 0 bridgehead atoms. The first kappa shape index (κ1) is 14.5. The average Bonchev–Trinajstić information content (AvgIpc) is 3.08. The summed E-state index contributed by atoms with van der Waals surface area (Å²) in [5, 5.41) is 16.0. The lowest BCUT2D eigenvalue weighted by Crippen LogP contribution is -2.21. The Bertz CT molecular complexity index is 664. The number of aryl methyl sites for hydroxylation is 1. The highest BCUT2D eigenvalue weighted by Crippen LogP contribution is 2.29. The molecule has 1 aliphatic heterocycles. The average molecular weight is 353 g/mol. The van der Waals surface area contributed by atoms with Crippen molar-refractivity contribution < 1.29 is 4.92 Å². The molecule has 0 spiro atoms. The van der Waals surface area contributed by atoms with Crippen LogP contribution in [0.1, 0.15) is 19.3 Å². The van der Waals surface area contributed by atoms with Gasteiger partial charge in [0.25, 0.3) is 5.69 Å². The van der Waals surface area contributed by atoms with E-state index in [1.165, 1.54) is 32.0 Å². The van der Waals surface area contributed by atoms with Gasteiger partial charge in [-0.2, -0.15) is 5.10 Å². The standard InChI is InChI=1S/C14H17BrN4O2/c15-11-8-13-12(14(9-11)19(20)21)10-16-18(13)7-3-6-17-4-1-2-5-17/h8-10H,1-7H2. The van der Waals surface area contributed by atoms with Gasteiger partial charge in [-0.15, -0.1) is 0 Å². The number of hydrogen-bond acceptors (Lipinski definition) is 4. The summed E-state index contributed by atoms with van der Waals surface area (Å²) in [6.45, 7) is 4.23. The summed E-state index contributed by atoms with van der Waals surface area (Å²) in [6, 6.07) is 3.42. The van der Waals surface area contributed by atoms with Crippen molar-refractivity contribution in [2.45, 2.75) is 25.8 Å². The van der Waals surface area contributed by atoms with Gasteiger partial charge in [-0.25, -0.2) is 0 Å². The Labute approximate surface area is 131 Å². The molecule has 0 saturated carbocycles. The summed E-state index contributed by atoms with van der Waals surface area (Å²) in [5.74, 6) is 0. The van der Waals surface area contributed by atoms with Crippen LogP contribution in [0.15, 0.2) is 22.8 Å². The minimum absolute atomic E-state index is 0.102. The molecule has 6 nitrogen and oxygen atoms in total. The van der Waals surface area contributed by atoms with Gasteiger partial charge in [-0.1, -0.05) is 15.9 Å². The van der Waals surface area contributed by atoms with E-state index in [0.29, 0.717) is 9.86 Å². The van der Waals surface area contributed by atoms with Crippen molar-refractivity contribution in [2.75, 3.05) is 19.6 Å². The Hall–Kier alpha value is -1.47. The molecular formula is C14H17BrN4O2. The molecule has 0 aliphatic carbocycles. The van der Waals surface area contributed by atoms with E-state index in [2.05, 4.69) is 25.9 Å². The van der Waals surface area contributed by atoms with E-state index in [-0.39, 0.29) is 10.6 Å². The number of nitro groups is 1. The first-order valence-corrected chi connectivity index (χ1v) is 7.96. The van der Waals surface area contributed by atoms with E-state index >= 15 is 0 Å². The zero-order valence-electron chi connectivity index (χ0n) is 11.7. The number of hydrogen-bond donors (Lipinski definition) is 0. The van der Waals surface area contributed by atoms with Crippen molar-refractivity contribution in [3.05, 3.63) is 32.9 Å². The predicted octanol–water partition coefficient (Wildman–Crippen LogP) is 3.19. The van der Waals surface area contributed by atoms with Crippen LogP contribution in [0.5, 0.6) is 0 Å². The van der Waals surface area contributed by atoms with Crippen molar-refractivity contribution in [3.63, 3.8) is 0 Å². The molecule has 1 fully saturated rings. The maximum Gasteiger partial charge on any atom is 0.281 e. The summed E-state index contributed by atoms with van der Waals surface area (Å²) in [7, 11) is 0. The molecule has 0 N–H and O–H groups in total. The lowest BCUT2D eigenvalue weighted by molar-refractivity contribution is -0.383. The van der Waals surface area contributed by atoms with Crippen LogP contribution in [0.2, 0.25) is 0 Å². The highest BCUT2D eigenvalue weighted by atomic mass is 79.9. The molecule has 1 saturated heterocycles. The second-order valence-electron chi connectivity index (χ2n) is 5.38. The number of nitrogens with zero attached hydrogens (tertiary/aromatic N) is 4. The number of likely N-dealkylation sites (tertiary alicyclic amines) is 1. The van der Waals surface area contributed by atoms with Gasteiger partial charge in [-0.05, 0) is 45.0 Å². The van der Waals surface area contributed by atoms with Crippen molar-refractivity contribution in [3.8, 4) is 0 Å². The largest absolute Gasteiger partial charge is 0.303 e. The Morgan fingerprint density at radius 2 is 2.05 bits per heavy atom. The van der Waals surface area contributed by atoms with Crippen LogP contribution in [0, 0.1) is 10.1 Å². The highest BCUT2D eigenvalue weighted by molar-refractivity contribution is 9.10. The van der Waals surface area contributed by atoms with Gasteiger partial charge in [0.1, 0.15) is 0 Å². The molecule has 2 heterocycles. The number of benzene rings is 1. The predicted molar refractivity (Wildman–Crippen MR) is 84.4 cm³/mol. The van der Waals surface area contributed by atoms with Crippen molar-refractivity contribution >= 4 is 32.5 Å². The lowest BCUT2D eigenvalue weighted by Gasteiger charge is -2.14. The van der Waals surface area contributed by atoms with Gasteiger partial charge in [0.2, 0.25) is 0 Å². The van der Waals surface area contributed by atoms with Gasteiger partial charge < -0.3 is 4.90 Å². The van der Waals surface area contributed by atoms with Crippen LogP contribution >= 0.6 is 15.9 Å². The number of rotatable bonds is 5. The maximum absolute atomic E-state index is 11.1. The molecule has 112 valence electrons. The monoisotopic (exact) mass is 352 g/mol. The van der Waals surface area contributed by atoms with Crippen molar-refractivity contribution in [1.82, 2.24) is 14.7 Å². The molecular weight excluding hydrogens is 336 g/mol. The van der Waals surface area contributed by atoms with Crippen LogP contribution in [0.3, 0.4) is 0 Å². The minimum atomic E-state index is -0.358. The summed E-state index contributed by atoms with van der Waals surface area (Å²) < 4.78 is 2.58. The quantitative estimate of drug-likeness (QED) is 0.612. The number of nitro benzene ring substituents is 1. The van der Waals surface area contributed by atoms with E-state index in [0.717, 1.165) is 25.0 Å². The number of aromatic nitrogens is 2. The third-order valence-electron chi connectivity index (χ3n) is 3.95. The molecule has 0 atom stereocenters. The Balaban J connectivity index is 1.77. The maximum atomic E-state index is 11.1. The van der Waals surface area contributed by atoms with Gasteiger partial charge in [0.05, 0.1) is 22.0 Å². The van der Waals surface area contributed by atoms with Crippen LogP contribution in [-0.2, 0) is 6.54 Å². The summed E-state index contributed by atoms with van der Waals surface area (Å²) in [6.07, 6.45) is 5.19. The second-order valence-corrected chi connectivity index (χ2v) is 6.30. The first-order valence-electron chi connectivity index (χ1n) is 7.17. The van der Waals surface area contributed by atoms with E-state index in [9.17, 15) is 10.1 Å². The van der Waals surface area contributed by atoms with E-state index in [1.54, 1.807) is 6.20 Å². The molecule has 0 amide bonds. The van der Waals surface area contributed by atoms with E-state index < -0.39 is 0 Å². The Morgan fingerprint density at radius 3 is 2.76 bits per heavy atom. The SMILES string of the molecule is O=[N+]([O-])c1cc(Br)cc2c1cnn2CCCN1CCCC1. The lowest BCUT2D eigenvalue weighted by atomic mass is 10.2. The third kappa shape index (κ3) is 3.08. The van der Waals surface area contributed by atoms with Crippen LogP contribution in [0.4, 0.5) is 5.69 Å². The molecule has 1 aromatic carbocycles. The molecule has 0 radical (unpaired) electrons. The zero-order valence-corrected chi connectivity index (χ0v) is 13.3. The first-order chi connectivity index (χ1) is 10.1. The van der Waals surface area contributed by atoms with Crippen molar-refractivity contribution in [2.24, 2.45) is 0 Å².